The Morgan fingerprint density at radius 2 is 2.00 bits per heavy atom. The van der Waals surface area contributed by atoms with Crippen LogP contribution >= 0.6 is 0 Å². The third-order valence-electron chi connectivity index (χ3n) is 7.39. The SMILES string of the molecule is COc1cc(C)c2[nH]ccc2c1CN1CCC(O)(C2CC2)C[C@H]1c1ccc(C(=O)O)cc1. The number of aryl methyl sites for hydroxylation is 1. The number of carboxylic acids is 1. The molecule has 1 aliphatic heterocycles. The van der Waals surface area contributed by atoms with Crippen LogP contribution in [0.4, 0.5) is 0 Å². The normalized spacial score (nSPS) is 24.0. The van der Waals surface area contributed by atoms with E-state index >= 15 is 0 Å². The number of benzene rings is 2. The molecule has 3 N–H and O–H groups in total. The molecule has 3 aromatic rings. The van der Waals surface area contributed by atoms with Crippen molar-refractivity contribution in [2.75, 3.05) is 13.7 Å². The van der Waals surface area contributed by atoms with Crippen LogP contribution in [0.25, 0.3) is 10.9 Å². The number of piperidine rings is 1. The molecule has 2 atom stereocenters. The van der Waals surface area contributed by atoms with E-state index in [2.05, 4.69) is 28.9 Å². The second-order valence-corrected chi connectivity index (χ2v) is 9.39. The quantitative estimate of drug-likeness (QED) is 0.525. The minimum Gasteiger partial charge on any atom is -0.496 e. The fourth-order valence-corrected chi connectivity index (χ4v) is 5.40. The van der Waals surface area contributed by atoms with Gasteiger partial charge in [-0.2, -0.15) is 0 Å². The minimum absolute atomic E-state index is 0.0113. The van der Waals surface area contributed by atoms with Crippen LogP contribution in [0.3, 0.4) is 0 Å². The van der Waals surface area contributed by atoms with Crippen LogP contribution < -0.4 is 4.74 Å². The van der Waals surface area contributed by atoms with Gasteiger partial charge in [-0.05, 0) is 73.9 Å². The minimum atomic E-state index is -0.925. The van der Waals surface area contributed by atoms with Crippen molar-refractivity contribution >= 4 is 16.9 Å². The zero-order valence-corrected chi connectivity index (χ0v) is 18.6. The molecule has 0 spiro atoms. The summed E-state index contributed by atoms with van der Waals surface area (Å²) >= 11 is 0. The third-order valence-corrected chi connectivity index (χ3v) is 7.39. The molecule has 6 nitrogen and oxygen atoms in total. The molecule has 0 bridgehead atoms. The number of hydrogen-bond donors (Lipinski definition) is 3. The van der Waals surface area contributed by atoms with Crippen LogP contribution in [-0.2, 0) is 6.54 Å². The zero-order valence-electron chi connectivity index (χ0n) is 18.6. The summed E-state index contributed by atoms with van der Waals surface area (Å²) in [6, 6.07) is 11.3. The number of aromatic amines is 1. The van der Waals surface area contributed by atoms with E-state index in [1.54, 1.807) is 19.2 Å². The van der Waals surface area contributed by atoms with Crippen LogP contribution in [0, 0.1) is 12.8 Å². The maximum atomic E-state index is 11.4. The Kier molecular flexibility index (Phi) is 5.22. The zero-order chi connectivity index (χ0) is 22.5. The van der Waals surface area contributed by atoms with Gasteiger partial charge in [0.25, 0.3) is 0 Å². The van der Waals surface area contributed by atoms with E-state index in [9.17, 15) is 15.0 Å². The molecular weight excluding hydrogens is 404 g/mol. The monoisotopic (exact) mass is 434 g/mol. The fourth-order valence-electron chi connectivity index (χ4n) is 5.40. The predicted octanol–water partition coefficient (Wildman–Crippen LogP) is 4.66. The number of hydrogen-bond acceptors (Lipinski definition) is 4. The molecule has 2 fully saturated rings. The number of fused-ring (bicyclic) bond motifs is 1. The van der Waals surface area contributed by atoms with Crippen molar-refractivity contribution in [1.29, 1.82) is 0 Å². The third kappa shape index (κ3) is 3.67. The molecule has 6 heteroatoms. The molecule has 1 saturated heterocycles. The Balaban J connectivity index is 1.52. The van der Waals surface area contributed by atoms with Gasteiger partial charge in [0.05, 0.1) is 18.3 Å². The summed E-state index contributed by atoms with van der Waals surface area (Å²) in [6.45, 7) is 3.56. The summed E-state index contributed by atoms with van der Waals surface area (Å²) < 4.78 is 5.76. The lowest BCUT2D eigenvalue weighted by Crippen LogP contribution is -2.47. The Morgan fingerprint density at radius 1 is 1.25 bits per heavy atom. The van der Waals surface area contributed by atoms with Gasteiger partial charge in [-0.15, -0.1) is 0 Å². The van der Waals surface area contributed by atoms with Crippen molar-refractivity contribution < 1.29 is 19.7 Å². The molecule has 5 rings (SSSR count). The fraction of sp³-hybridized carbons (Fsp3) is 0.423. The number of likely N-dealkylation sites (tertiary alicyclic amines) is 1. The number of rotatable bonds is 6. The molecule has 1 unspecified atom stereocenters. The lowest BCUT2D eigenvalue weighted by molar-refractivity contribution is -0.0661. The summed E-state index contributed by atoms with van der Waals surface area (Å²) in [5.41, 5.74) is 4.09. The summed E-state index contributed by atoms with van der Waals surface area (Å²) in [4.78, 5) is 17.1. The van der Waals surface area contributed by atoms with Crippen molar-refractivity contribution in [3.05, 3.63) is 64.8 Å². The smallest absolute Gasteiger partial charge is 0.335 e. The highest BCUT2D eigenvalue weighted by molar-refractivity contribution is 5.88. The molecular formula is C26H30N2O4. The number of aromatic nitrogens is 1. The van der Waals surface area contributed by atoms with Crippen LogP contribution in [-0.4, -0.2) is 45.3 Å². The maximum absolute atomic E-state index is 11.4. The highest BCUT2D eigenvalue weighted by Crippen LogP contribution is 2.50. The number of aliphatic hydroxyl groups is 1. The molecule has 1 aliphatic carbocycles. The van der Waals surface area contributed by atoms with Crippen LogP contribution in [0.15, 0.2) is 42.6 Å². The first-order valence-electron chi connectivity index (χ1n) is 11.3. The van der Waals surface area contributed by atoms with Gasteiger partial charge in [-0.1, -0.05) is 12.1 Å². The molecule has 0 amide bonds. The average Bonchev–Trinajstić information content (AvgIpc) is 3.54. The maximum Gasteiger partial charge on any atom is 0.335 e. The van der Waals surface area contributed by atoms with Crippen molar-refractivity contribution in [2.24, 2.45) is 5.92 Å². The average molecular weight is 435 g/mol. The van der Waals surface area contributed by atoms with Crippen LogP contribution in [0.1, 0.15) is 58.8 Å². The van der Waals surface area contributed by atoms with E-state index in [1.165, 1.54) is 0 Å². The second kappa shape index (κ2) is 7.94. The van der Waals surface area contributed by atoms with Gasteiger partial charge in [-0.25, -0.2) is 4.79 Å². The Hall–Kier alpha value is -2.83. The molecule has 168 valence electrons. The lowest BCUT2D eigenvalue weighted by Gasteiger charge is -2.45. The number of nitrogens with zero attached hydrogens (tertiary/aromatic N) is 1. The largest absolute Gasteiger partial charge is 0.496 e. The van der Waals surface area contributed by atoms with E-state index in [4.69, 9.17) is 4.74 Å². The number of H-pyrrole nitrogens is 1. The predicted molar refractivity (Wildman–Crippen MR) is 123 cm³/mol. The number of methoxy groups -OCH3 is 1. The first kappa shape index (κ1) is 21.0. The van der Waals surface area contributed by atoms with Crippen molar-refractivity contribution in [3.8, 4) is 5.75 Å². The number of ether oxygens (including phenoxy) is 1. The molecule has 2 aliphatic rings. The van der Waals surface area contributed by atoms with Gasteiger partial charge < -0.3 is 19.9 Å². The number of nitrogens with one attached hydrogen (secondary N) is 1. The topological polar surface area (TPSA) is 85.8 Å². The van der Waals surface area contributed by atoms with E-state index in [0.717, 1.165) is 59.2 Å². The first-order chi connectivity index (χ1) is 15.4. The Labute approximate surface area is 187 Å². The molecule has 32 heavy (non-hydrogen) atoms. The summed E-state index contributed by atoms with van der Waals surface area (Å²) in [7, 11) is 1.71. The highest BCUT2D eigenvalue weighted by atomic mass is 16.5. The van der Waals surface area contributed by atoms with Gasteiger partial charge in [-0.3, -0.25) is 4.90 Å². The summed E-state index contributed by atoms with van der Waals surface area (Å²) in [5, 5.41) is 21.8. The van der Waals surface area contributed by atoms with Gasteiger partial charge in [0, 0.05) is 41.8 Å². The molecule has 1 saturated carbocycles. The first-order valence-corrected chi connectivity index (χ1v) is 11.3. The number of aromatic carboxylic acids is 1. The van der Waals surface area contributed by atoms with E-state index in [0.29, 0.717) is 18.9 Å². The Morgan fingerprint density at radius 3 is 2.66 bits per heavy atom. The highest BCUT2D eigenvalue weighted by Gasteiger charge is 2.48. The van der Waals surface area contributed by atoms with Gasteiger partial charge in [0.1, 0.15) is 5.75 Å². The number of carbonyl (C=O) groups is 1. The van der Waals surface area contributed by atoms with Gasteiger partial charge in [0.15, 0.2) is 0 Å². The standard InChI is InChI=1S/C26H30N2O4/c1-16-13-23(32-2)21(20-9-11-27-24(16)20)15-28-12-10-26(31,19-7-8-19)14-22(28)17-3-5-18(6-4-17)25(29)30/h3-6,9,11,13,19,22,27,31H,7-8,10,12,14-15H2,1-2H3,(H,29,30)/t22-,26?/m0/s1. The second-order valence-electron chi connectivity index (χ2n) is 9.39. The van der Waals surface area contributed by atoms with Gasteiger partial charge >= 0.3 is 5.97 Å². The van der Waals surface area contributed by atoms with E-state index < -0.39 is 11.6 Å². The van der Waals surface area contributed by atoms with Crippen molar-refractivity contribution in [2.45, 2.75) is 50.8 Å². The van der Waals surface area contributed by atoms with Gasteiger partial charge in [0.2, 0.25) is 0 Å². The number of carboxylic acid groups (broad SMARTS) is 1. The molecule has 1 aromatic heterocycles. The summed E-state index contributed by atoms with van der Waals surface area (Å²) in [5.74, 6) is 0.333. The van der Waals surface area contributed by atoms with Crippen molar-refractivity contribution in [3.63, 3.8) is 0 Å². The summed E-state index contributed by atoms with van der Waals surface area (Å²) in [6.07, 6.45) is 5.57. The van der Waals surface area contributed by atoms with Crippen molar-refractivity contribution in [1.82, 2.24) is 9.88 Å². The molecule has 2 aromatic carbocycles. The molecule has 2 heterocycles. The van der Waals surface area contributed by atoms with Crippen LogP contribution in [0.2, 0.25) is 0 Å². The lowest BCUT2D eigenvalue weighted by atomic mass is 9.80. The van der Waals surface area contributed by atoms with E-state index in [1.807, 2.05) is 18.3 Å². The van der Waals surface area contributed by atoms with Crippen LogP contribution in [0.5, 0.6) is 5.75 Å². The Bertz CT molecular complexity index is 1150. The van der Waals surface area contributed by atoms with E-state index in [-0.39, 0.29) is 11.6 Å². The molecule has 0 radical (unpaired) electrons.